The molecule has 1 atom stereocenters. The van der Waals surface area contributed by atoms with E-state index in [-0.39, 0.29) is 5.92 Å². The van der Waals surface area contributed by atoms with E-state index in [0.29, 0.717) is 17.4 Å². The number of aromatic nitrogens is 2. The maximum absolute atomic E-state index is 11.3. The lowest BCUT2D eigenvalue weighted by atomic mass is 9.84. The smallest absolute Gasteiger partial charge is 0.335 e. The fraction of sp³-hybridized carbons (Fsp3) is 0.297. The zero-order chi connectivity index (χ0) is 29.5. The Morgan fingerprint density at radius 2 is 1.49 bits per heavy atom. The van der Waals surface area contributed by atoms with E-state index < -0.39 is 5.97 Å². The first-order valence-electron chi connectivity index (χ1n) is 15.3. The quantitative estimate of drug-likeness (QED) is 0.184. The number of carbonyl (C=O) groups is 1. The van der Waals surface area contributed by atoms with Gasteiger partial charge in [0.1, 0.15) is 5.82 Å². The van der Waals surface area contributed by atoms with Crippen LogP contribution in [0.5, 0.6) is 0 Å². The van der Waals surface area contributed by atoms with Crippen LogP contribution in [0.4, 0.5) is 5.69 Å². The fourth-order valence-electron chi connectivity index (χ4n) is 6.62. The number of nitrogens with zero attached hydrogens (tertiary/aromatic N) is 3. The van der Waals surface area contributed by atoms with E-state index >= 15 is 0 Å². The van der Waals surface area contributed by atoms with Crippen molar-refractivity contribution >= 4 is 34.3 Å². The van der Waals surface area contributed by atoms with Gasteiger partial charge in [-0.25, -0.2) is 9.78 Å². The molecule has 43 heavy (non-hydrogen) atoms. The number of anilines is 1. The molecule has 1 saturated carbocycles. The van der Waals surface area contributed by atoms with E-state index in [9.17, 15) is 9.90 Å². The summed E-state index contributed by atoms with van der Waals surface area (Å²) in [5.74, 6) is 1.60. The van der Waals surface area contributed by atoms with Crippen molar-refractivity contribution < 1.29 is 9.90 Å². The number of carboxylic acids is 1. The molecule has 2 aliphatic rings. The Hall–Kier alpha value is -4.09. The van der Waals surface area contributed by atoms with Crippen LogP contribution < -0.4 is 4.90 Å². The van der Waals surface area contributed by atoms with Crippen LogP contribution in [0, 0.1) is 12.8 Å². The number of benzene rings is 4. The molecule has 1 aliphatic carbocycles. The number of aromatic carboxylic acids is 1. The predicted molar refractivity (Wildman–Crippen MR) is 174 cm³/mol. The van der Waals surface area contributed by atoms with Gasteiger partial charge in [0, 0.05) is 42.2 Å². The Balaban J connectivity index is 1.18. The molecule has 1 aromatic heterocycles. The first kappa shape index (κ1) is 27.7. The molecular formula is C37H36ClN3O2. The third-order valence-corrected chi connectivity index (χ3v) is 9.48. The van der Waals surface area contributed by atoms with E-state index in [1.807, 2.05) is 24.3 Å². The summed E-state index contributed by atoms with van der Waals surface area (Å²) in [7, 11) is 0. The summed E-state index contributed by atoms with van der Waals surface area (Å²) in [5, 5.41) is 9.99. The first-order valence-corrected chi connectivity index (χ1v) is 15.7. The van der Waals surface area contributed by atoms with Gasteiger partial charge in [-0.05, 0) is 104 Å². The van der Waals surface area contributed by atoms with Crippen LogP contribution in [-0.4, -0.2) is 33.7 Å². The van der Waals surface area contributed by atoms with Gasteiger partial charge in [-0.3, -0.25) is 0 Å². The normalized spacial score (nSPS) is 16.5. The molecule has 0 spiro atoms. The Kier molecular flexibility index (Phi) is 7.44. The SMILES string of the molecule is Cc1ccc(C(c2ccc(Cl)cc2)c2ccc3nc(C4CC4)n(CC4CCN(c5ccc(C(=O)O)cc5)CC4)c3c2)cc1. The lowest BCUT2D eigenvalue weighted by Gasteiger charge is -2.34. The highest BCUT2D eigenvalue weighted by Crippen LogP contribution is 2.42. The van der Waals surface area contributed by atoms with E-state index in [4.69, 9.17) is 16.6 Å². The maximum atomic E-state index is 11.3. The third kappa shape index (κ3) is 5.79. The molecule has 5 nitrogen and oxygen atoms in total. The first-order chi connectivity index (χ1) is 20.9. The molecule has 2 fully saturated rings. The molecule has 0 amide bonds. The summed E-state index contributed by atoms with van der Waals surface area (Å²) in [6.45, 7) is 5.05. The average Bonchev–Trinajstić information content (AvgIpc) is 3.82. The molecular weight excluding hydrogens is 554 g/mol. The minimum Gasteiger partial charge on any atom is -0.478 e. The lowest BCUT2D eigenvalue weighted by Crippen LogP contribution is -2.35. The van der Waals surface area contributed by atoms with Gasteiger partial charge in [-0.15, -0.1) is 0 Å². The summed E-state index contributed by atoms with van der Waals surface area (Å²) in [6, 6.07) is 31.3. The second-order valence-corrected chi connectivity index (χ2v) is 12.7. The van der Waals surface area contributed by atoms with Crippen molar-refractivity contribution in [1.29, 1.82) is 0 Å². The van der Waals surface area contributed by atoms with Gasteiger partial charge in [-0.1, -0.05) is 59.6 Å². The minimum atomic E-state index is -0.884. The summed E-state index contributed by atoms with van der Waals surface area (Å²) >= 11 is 6.28. The highest BCUT2D eigenvalue weighted by atomic mass is 35.5. The molecule has 1 unspecified atom stereocenters. The summed E-state index contributed by atoms with van der Waals surface area (Å²) in [6.07, 6.45) is 4.64. The molecule has 4 aromatic carbocycles. The topological polar surface area (TPSA) is 58.4 Å². The Labute approximate surface area is 257 Å². The summed E-state index contributed by atoms with van der Waals surface area (Å²) in [4.78, 5) is 18.8. The van der Waals surface area contributed by atoms with Crippen molar-refractivity contribution in [3.63, 3.8) is 0 Å². The van der Waals surface area contributed by atoms with Gasteiger partial charge in [0.2, 0.25) is 0 Å². The van der Waals surface area contributed by atoms with Gasteiger partial charge in [0.15, 0.2) is 0 Å². The van der Waals surface area contributed by atoms with Crippen LogP contribution >= 0.6 is 11.6 Å². The van der Waals surface area contributed by atoms with Crippen LogP contribution in [0.2, 0.25) is 5.02 Å². The number of halogens is 1. The average molecular weight is 590 g/mol. The van der Waals surface area contributed by atoms with Crippen molar-refractivity contribution in [2.75, 3.05) is 18.0 Å². The number of fused-ring (bicyclic) bond motifs is 1. The largest absolute Gasteiger partial charge is 0.478 e. The van der Waals surface area contributed by atoms with Gasteiger partial charge in [0.25, 0.3) is 0 Å². The van der Waals surface area contributed by atoms with Crippen molar-refractivity contribution in [2.45, 2.75) is 51.0 Å². The van der Waals surface area contributed by atoms with Crippen LogP contribution in [0.1, 0.15) is 76.0 Å². The van der Waals surface area contributed by atoms with Crippen LogP contribution in [0.15, 0.2) is 91.0 Å². The maximum Gasteiger partial charge on any atom is 0.335 e. The molecule has 1 aliphatic heterocycles. The second-order valence-electron chi connectivity index (χ2n) is 12.3. The van der Waals surface area contributed by atoms with Crippen LogP contribution in [0.3, 0.4) is 0 Å². The molecule has 1 N–H and O–H groups in total. The predicted octanol–water partition coefficient (Wildman–Crippen LogP) is 8.67. The molecule has 2 heterocycles. The van der Waals surface area contributed by atoms with Gasteiger partial charge in [0.05, 0.1) is 16.6 Å². The number of aryl methyl sites for hydroxylation is 1. The van der Waals surface area contributed by atoms with Gasteiger partial charge in [-0.2, -0.15) is 0 Å². The fourth-order valence-corrected chi connectivity index (χ4v) is 6.75. The van der Waals surface area contributed by atoms with Crippen molar-refractivity contribution in [3.05, 3.63) is 130 Å². The zero-order valence-electron chi connectivity index (χ0n) is 24.4. The third-order valence-electron chi connectivity index (χ3n) is 9.23. The number of carboxylic acid groups (broad SMARTS) is 1. The molecule has 1 saturated heterocycles. The molecule has 5 aromatic rings. The van der Waals surface area contributed by atoms with E-state index in [2.05, 4.69) is 71.0 Å². The second kappa shape index (κ2) is 11.5. The highest BCUT2D eigenvalue weighted by Gasteiger charge is 2.31. The number of hydrogen-bond donors (Lipinski definition) is 1. The van der Waals surface area contributed by atoms with Crippen molar-refractivity contribution in [3.8, 4) is 0 Å². The lowest BCUT2D eigenvalue weighted by molar-refractivity contribution is 0.0697. The van der Waals surface area contributed by atoms with Crippen molar-refractivity contribution in [1.82, 2.24) is 9.55 Å². The summed E-state index contributed by atoms with van der Waals surface area (Å²) < 4.78 is 2.53. The zero-order valence-corrected chi connectivity index (χ0v) is 25.2. The number of piperidine rings is 1. The Morgan fingerprint density at radius 1 is 0.860 bits per heavy atom. The van der Waals surface area contributed by atoms with Crippen LogP contribution in [0.25, 0.3) is 11.0 Å². The van der Waals surface area contributed by atoms with E-state index in [0.717, 1.165) is 48.7 Å². The monoisotopic (exact) mass is 589 g/mol. The van der Waals surface area contributed by atoms with E-state index in [1.54, 1.807) is 12.1 Å². The number of hydrogen-bond acceptors (Lipinski definition) is 3. The highest BCUT2D eigenvalue weighted by molar-refractivity contribution is 6.30. The molecule has 7 rings (SSSR count). The van der Waals surface area contributed by atoms with Gasteiger partial charge < -0.3 is 14.6 Å². The van der Waals surface area contributed by atoms with Gasteiger partial charge >= 0.3 is 5.97 Å². The van der Waals surface area contributed by atoms with E-state index in [1.165, 1.54) is 46.4 Å². The molecule has 0 bridgehead atoms. The summed E-state index contributed by atoms with van der Waals surface area (Å²) in [5.41, 5.74) is 8.76. The number of rotatable bonds is 8. The number of imidazole rings is 1. The van der Waals surface area contributed by atoms with Crippen LogP contribution in [-0.2, 0) is 6.54 Å². The minimum absolute atomic E-state index is 0.103. The Morgan fingerprint density at radius 3 is 2.12 bits per heavy atom. The molecule has 218 valence electrons. The Bertz CT molecular complexity index is 1700. The standard InChI is InChI=1S/C37H36ClN3O2/c1-24-2-4-26(5-3-24)35(27-8-13-31(38)14-9-27)30-12-17-33-34(22-30)41(36(39-33)28-6-7-28)23-25-18-20-40(21-19-25)32-15-10-29(11-16-32)37(42)43/h2-5,8-17,22,25,28,35H,6-7,18-21,23H2,1H3,(H,42,43). The molecule has 6 heteroatoms. The molecule has 0 radical (unpaired) electrons. The van der Waals surface area contributed by atoms with Crippen molar-refractivity contribution in [2.24, 2.45) is 5.92 Å².